The Morgan fingerprint density at radius 2 is 2.00 bits per heavy atom. The van der Waals surface area contributed by atoms with Crippen LogP contribution in [0.15, 0.2) is 0 Å². The molecule has 0 aromatic heterocycles. The van der Waals surface area contributed by atoms with Gasteiger partial charge in [-0.1, -0.05) is 13.8 Å². The van der Waals surface area contributed by atoms with Crippen molar-refractivity contribution in [2.45, 2.75) is 26.8 Å². The summed E-state index contributed by atoms with van der Waals surface area (Å²) < 4.78 is 0. The molecule has 3 heteroatoms. The zero-order valence-corrected chi connectivity index (χ0v) is 5.78. The second kappa shape index (κ2) is 5.03. The van der Waals surface area contributed by atoms with Gasteiger partial charge >= 0.3 is 0 Å². The average Bonchev–Trinajstić information content (AvgIpc) is 2.24. The summed E-state index contributed by atoms with van der Waals surface area (Å²) in [5.74, 6) is 0. The summed E-state index contributed by atoms with van der Waals surface area (Å²) in [4.78, 5) is 0. The lowest BCUT2D eigenvalue weighted by Crippen LogP contribution is -2.32. The largest absolute Gasteiger partial charge is 0.243 e. The molecule has 1 aliphatic heterocycles. The number of hydrazine groups is 2. The monoisotopic (exact) mass is 117 g/mol. The van der Waals surface area contributed by atoms with Crippen LogP contribution < -0.4 is 16.4 Å². The van der Waals surface area contributed by atoms with Gasteiger partial charge in [0, 0.05) is 12.6 Å². The molecule has 0 amide bonds. The van der Waals surface area contributed by atoms with E-state index in [1.807, 2.05) is 13.8 Å². The van der Waals surface area contributed by atoms with E-state index in [2.05, 4.69) is 23.3 Å². The molecule has 1 aliphatic rings. The predicted molar refractivity (Wildman–Crippen MR) is 35.1 cm³/mol. The second-order valence-electron chi connectivity index (χ2n) is 1.55. The van der Waals surface area contributed by atoms with Crippen molar-refractivity contribution in [3.63, 3.8) is 0 Å². The van der Waals surface area contributed by atoms with Crippen molar-refractivity contribution >= 4 is 0 Å². The molecule has 0 radical (unpaired) electrons. The molecule has 1 rings (SSSR count). The van der Waals surface area contributed by atoms with Gasteiger partial charge in [0.15, 0.2) is 0 Å². The molecule has 1 atom stereocenters. The first-order valence-corrected chi connectivity index (χ1v) is 3.13. The van der Waals surface area contributed by atoms with Crippen molar-refractivity contribution < 1.29 is 0 Å². The van der Waals surface area contributed by atoms with Gasteiger partial charge in [0.2, 0.25) is 0 Å². The van der Waals surface area contributed by atoms with Gasteiger partial charge in [-0.3, -0.25) is 0 Å². The third-order valence-electron chi connectivity index (χ3n) is 0.815. The minimum absolute atomic E-state index is 0.574. The molecule has 8 heavy (non-hydrogen) atoms. The van der Waals surface area contributed by atoms with E-state index in [-0.39, 0.29) is 0 Å². The lowest BCUT2D eigenvalue weighted by atomic mass is 10.4. The van der Waals surface area contributed by atoms with Crippen LogP contribution in [0.2, 0.25) is 0 Å². The molecule has 0 spiro atoms. The molecule has 1 heterocycles. The summed E-state index contributed by atoms with van der Waals surface area (Å²) >= 11 is 0. The number of nitrogens with one attached hydrogen (secondary N) is 3. The van der Waals surface area contributed by atoms with E-state index < -0.39 is 0 Å². The van der Waals surface area contributed by atoms with Crippen LogP contribution in [0.5, 0.6) is 0 Å². The van der Waals surface area contributed by atoms with Crippen molar-refractivity contribution in [1.82, 2.24) is 16.4 Å². The van der Waals surface area contributed by atoms with E-state index in [0.29, 0.717) is 6.04 Å². The number of hydrogen-bond donors (Lipinski definition) is 3. The third-order valence-corrected chi connectivity index (χ3v) is 0.815. The molecular weight excluding hydrogens is 102 g/mol. The van der Waals surface area contributed by atoms with Crippen LogP contribution in [0.1, 0.15) is 20.8 Å². The predicted octanol–water partition coefficient (Wildman–Crippen LogP) is 0.0135. The fourth-order valence-corrected chi connectivity index (χ4v) is 0.429. The molecule has 1 unspecified atom stereocenters. The minimum atomic E-state index is 0.574. The smallest absolute Gasteiger partial charge is 0.0337 e. The van der Waals surface area contributed by atoms with Gasteiger partial charge in [-0.05, 0) is 6.92 Å². The van der Waals surface area contributed by atoms with Crippen LogP contribution in [-0.4, -0.2) is 12.6 Å². The summed E-state index contributed by atoms with van der Waals surface area (Å²) in [6.45, 7) is 7.12. The fourth-order valence-electron chi connectivity index (χ4n) is 0.429. The maximum atomic E-state index is 2.96. The highest BCUT2D eigenvalue weighted by atomic mass is 15.6. The van der Waals surface area contributed by atoms with Gasteiger partial charge in [-0.15, -0.1) is 0 Å². The highest BCUT2D eigenvalue weighted by Gasteiger charge is 2.03. The molecule has 3 N–H and O–H groups in total. The molecule has 0 aromatic rings. The van der Waals surface area contributed by atoms with E-state index in [0.717, 1.165) is 6.54 Å². The van der Waals surface area contributed by atoms with E-state index in [1.54, 1.807) is 0 Å². The van der Waals surface area contributed by atoms with Gasteiger partial charge < -0.3 is 0 Å². The van der Waals surface area contributed by atoms with Crippen molar-refractivity contribution in [2.75, 3.05) is 6.54 Å². The van der Waals surface area contributed by atoms with Gasteiger partial charge in [0.25, 0.3) is 0 Å². The van der Waals surface area contributed by atoms with E-state index >= 15 is 0 Å². The Bertz CT molecular complexity index is 40.9. The van der Waals surface area contributed by atoms with Crippen LogP contribution >= 0.6 is 0 Å². The van der Waals surface area contributed by atoms with Crippen LogP contribution in [-0.2, 0) is 0 Å². The Kier molecular flexibility index (Phi) is 4.95. The first kappa shape index (κ1) is 7.88. The lowest BCUT2D eigenvalue weighted by Gasteiger charge is -1.92. The van der Waals surface area contributed by atoms with Gasteiger partial charge in [0.1, 0.15) is 0 Å². The topological polar surface area (TPSA) is 36.1 Å². The van der Waals surface area contributed by atoms with Gasteiger partial charge in [0.05, 0.1) is 0 Å². The SMILES string of the molecule is CC.CC1CNNN1. The summed E-state index contributed by atoms with van der Waals surface area (Å²) in [6, 6.07) is 0.574. The molecule has 1 saturated heterocycles. The Morgan fingerprint density at radius 3 is 2.12 bits per heavy atom. The molecule has 3 nitrogen and oxygen atoms in total. The van der Waals surface area contributed by atoms with Crippen molar-refractivity contribution in [3.8, 4) is 0 Å². The highest BCUT2D eigenvalue weighted by molar-refractivity contribution is 4.62. The number of hydrogen-bond acceptors (Lipinski definition) is 3. The lowest BCUT2D eigenvalue weighted by molar-refractivity contribution is 0.561. The first-order chi connectivity index (χ1) is 3.89. The van der Waals surface area contributed by atoms with E-state index in [9.17, 15) is 0 Å². The standard InChI is InChI=1S/C3H9N3.C2H6/c1-3-2-4-6-5-3;1-2/h3-6H,2H2,1H3;1-2H3. The normalized spacial score (nSPS) is 26.6. The maximum absolute atomic E-state index is 2.96. The van der Waals surface area contributed by atoms with Gasteiger partial charge in [-0.2, -0.15) is 5.53 Å². The van der Waals surface area contributed by atoms with Crippen LogP contribution in [0, 0.1) is 0 Å². The molecular formula is C5H15N3. The Hall–Kier alpha value is -0.120. The summed E-state index contributed by atoms with van der Waals surface area (Å²) in [5, 5.41) is 0. The molecule has 0 aromatic carbocycles. The number of rotatable bonds is 0. The molecule has 0 saturated carbocycles. The molecule has 0 bridgehead atoms. The van der Waals surface area contributed by atoms with Crippen LogP contribution in [0.25, 0.3) is 0 Å². The van der Waals surface area contributed by atoms with Gasteiger partial charge in [-0.25, -0.2) is 10.9 Å². The van der Waals surface area contributed by atoms with Crippen LogP contribution in [0.3, 0.4) is 0 Å². The second-order valence-corrected chi connectivity index (χ2v) is 1.55. The van der Waals surface area contributed by atoms with Crippen molar-refractivity contribution in [3.05, 3.63) is 0 Å². The zero-order chi connectivity index (χ0) is 6.41. The Balaban J connectivity index is 0.000000222. The first-order valence-electron chi connectivity index (χ1n) is 3.13. The van der Waals surface area contributed by atoms with Crippen molar-refractivity contribution in [1.29, 1.82) is 0 Å². The maximum Gasteiger partial charge on any atom is 0.0337 e. The Labute approximate surface area is 50.8 Å². The highest BCUT2D eigenvalue weighted by Crippen LogP contribution is 1.76. The van der Waals surface area contributed by atoms with Crippen molar-refractivity contribution in [2.24, 2.45) is 0 Å². The Morgan fingerprint density at radius 1 is 1.38 bits per heavy atom. The minimum Gasteiger partial charge on any atom is -0.243 e. The fraction of sp³-hybridized carbons (Fsp3) is 1.00. The van der Waals surface area contributed by atoms with Crippen LogP contribution in [0.4, 0.5) is 0 Å². The average molecular weight is 117 g/mol. The summed E-state index contributed by atoms with van der Waals surface area (Å²) in [6.07, 6.45) is 0. The van der Waals surface area contributed by atoms with E-state index in [4.69, 9.17) is 0 Å². The quantitative estimate of drug-likeness (QED) is 0.418. The zero-order valence-electron chi connectivity index (χ0n) is 5.78. The molecule has 50 valence electrons. The summed E-state index contributed by atoms with van der Waals surface area (Å²) in [5.41, 5.74) is 8.64. The van der Waals surface area contributed by atoms with E-state index in [1.165, 1.54) is 0 Å². The molecule has 1 fully saturated rings. The molecule has 0 aliphatic carbocycles. The third kappa shape index (κ3) is 2.96. The summed E-state index contributed by atoms with van der Waals surface area (Å²) in [7, 11) is 0.